The van der Waals surface area contributed by atoms with Gasteiger partial charge in [0.05, 0.1) is 17.8 Å². The molecule has 1 N–H and O–H groups in total. The van der Waals surface area contributed by atoms with E-state index in [0.717, 1.165) is 5.56 Å². The van der Waals surface area contributed by atoms with Crippen LogP contribution in [0.2, 0.25) is 5.02 Å². The smallest absolute Gasteiger partial charge is 0.262 e. The Kier molecular flexibility index (Phi) is 4.45. The number of benzene rings is 1. The van der Waals surface area contributed by atoms with E-state index in [2.05, 4.69) is 10.3 Å². The molecule has 0 saturated carbocycles. The van der Waals surface area contributed by atoms with Crippen molar-refractivity contribution in [2.45, 2.75) is 19.5 Å². The summed E-state index contributed by atoms with van der Waals surface area (Å²) in [6.45, 7) is 1.80. The Morgan fingerprint density at radius 1 is 1.43 bits per heavy atom. The number of aromatic nitrogens is 2. The van der Waals surface area contributed by atoms with Gasteiger partial charge in [-0.25, -0.2) is 4.98 Å². The van der Waals surface area contributed by atoms with E-state index in [-0.39, 0.29) is 24.1 Å². The zero-order chi connectivity index (χ0) is 16.4. The first kappa shape index (κ1) is 15.7. The molecule has 2 heterocycles. The molecule has 3 rings (SSSR count). The summed E-state index contributed by atoms with van der Waals surface area (Å²) in [5, 5.41) is 5.82. The molecular weight excluding hydrogens is 334 g/mol. The minimum absolute atomic E-state index is 0.0669. The van der Waals surface area contributed by atoms with Crippen molar-refractivity contribution in [3.8, 4) is 0 Å². The summed E-state index contributed by atoms with van der Waals surface area (Å²) >= 11 is 7.36. The maximum absolute atomic E-state index is 12.3. The van der Waals surface area contributed by atoms with Gasteiger partial charge in [0.25, 0.3) is 5.56 Å². The van der Waals surface area contributed by atoms with E-state index in [1.54, 1.807) is 18.2 Å². The predicted molar refractivity (Wildman–Crippen MR) is 91.9 cm³/mol. The van der Waals surface area contributed by atoms with Crippen molar-refractivity contribution < 1.29 is 4.79 Å². The summed E-state index contributed by atoms with van der Waals surface area (Å²) in [6.07, 6.45) is 1.41. The first-order valence-corrected chi connectivity index (χ1v) is 8.28. The Hall–Kier alpha value is -2.18. The minimum Gasteiger partial charge on any atom is -0.348 e. The molecule has 5 nitrogen and oxygen atoms in total. The second-order valence-electron chi connectivity index (χ2n) is 5.16. The summed E-state index contributed by atoms with van der Waals surface area (Å²) in [4.78, 5) is 29.3. The van der Waals surface area contributed by atoms with Crippen LogP contribution in [0.4, 0.5) is 0 Å². The third-order valence-corrected chi connectivity index (χ3v) is 4.55. The number of halogens is 1. The van der Waals surface area contributed by atoms with Crippen LogP contribution in [0.5, 0.6) is 0 Å². The highest BCUT2D eigenvalue weighted by Crippen LogP contribution is 2.17. The van der Waals surface area contributed by atoms with Crippen LogP contribution in [0.15, 0.2) is 46.8 Å². The SMILES string of the molecule is C[C@@H](NC(=O)Cn1cnc2sccc2c1=O)c1cccc(Cl)c1. The summed E-state index contributed by atoms with van der Waals surface area (Å²) < 4.78 is 1.31. The molecule has 0 fully saturated rings. The van der Waals surface area contributed by atoms with Gasteiger partial charge in [-0.15, -0.1) is 11.3 Å². The van der Waals surface area contributed by atoms with Crippen molar-refractivity contribution in [3.63, 3.8) is 0 Å². The lowest BCUT2D eigenvalue weighted by atomic mass is 10.1. The first-order valence-electron chi connectivity index (χ1n) is 7.02. The normalized spacial score (nSPS) is 12.3. The van der Waals surface area contributed by atoms with Gasteiger partial charge in [-0.05, 0) is 36.1 Å². The summed E-state index contributed by atoms with van der Waals surface area (Å²) in [5.74, 6) is -0.254. The summed E-state index contributed by atoms with van der Waals surface area (Å²) in [5.41, 5.74) is 0.700. The van der Waals surface area contributed by atoms with Gasteiger partial charge < -0.3 is 5.32 Å². The van der Waals surface area contributed by atoms with Gasteiger partial charge in [0.15, 0.2) is 0 Å². The Balaban J connectivity index is 1.73. The molecule has 1 aromatic carbocycles. The number of rotatable bonds is 4. The lowest BCUT2D eigenvalue weighted by Crippen LogP contribution is -2.33. The Bertz CT molecular complexity index is 919. The second kappa shape index (κ2) is 6.52. The van der Waals surface area contributed by atoms with E-state index < -0.39 is 0 Å². The van der Waals surface area contributed by atoms with Crippen LogP contribution < -0.4 is 10.9 Å². The monoisotopic (exact) mass is 347 g/mol. The number of hydrogen-bond donors (Lipinski definition) is 1. The van der Waals surface area contributed by atoms with Crippen molar-refractivity contribution in [1.29, 1.82) is 0 Å². The maximum atomic E-state index is 12.3. The molecule has 0 spiro atoms. The maximum Gasteiger partial charge on any atom is 0.262 e. The molecule has 1 amide bonds. The molecule has 0 aliphatic heterocycles. The molecule has 118 valence electrons. The quantitative estimate of drug-likeness (QED) is 0.789. The highest BCUT2D eigenvalue weighted by atomic mass is 35.5. The fourth-order valence-electron chi connectivity index (χ4n) is 2.31. The fraction of sp³-hybridized carbons (Fsp3) is 0.188. The minimum atomic E-state index is -0.254. The molecular formula is C16H14ClN3O2S. The number of carbonyl (C=O) groups excluding carboxylic acids is 1. The lowest BCUT2D eigenvalue weighted by molar-refractivity contribution is -0.122. The molecule has 0 aliphatic carbocycles. The van der Waals surface area contributed by atoms with Crippen LogP contribution in [0.25, 0.3) is 10.2 Å². The van der Waals surface area contributed by atoms with Gasteiger partial charge in [-0.1, -0.05) is 23.7 Å². The number of amides is 1. The van der Waals surface area contributed by atoms with Gasteiger partial charge in [-0.3, -0.25) is 14.2 Å². The molecule has 0 unspecified atom stereocenters. The van der Waals surface area contributed by atoms with E-state index in [1.807, 2.05) is 24.4 Å². The highest BCUT2D eigenvalue weighted by Gasteiger charge is 2.12. The van der Waals surface area contributed by atoms with E-state index in [4.69, 9.17) is 11.6 Å². The van der Waals surface area contributed by atoms with Gasteiger partial charge in [-0.2, -0.15) is 0 Å². The third-order valence-electron chi connectivity index (χ3n) is 3.49. The number of nitrogens with zero attached hydrogens (tertiary/aromatic N) is 2. The van der Waals surface area contributed by atoms with Crippen molar-refractivity contribution in [2.24, 2.45) is 0 Å². The van der Waals surface area contributed by atoms with Crippen LogP contribution in [-0.2, 0) is 11.3 Å². The van der Waals surface area contributed by atoms with E-state index in [1.165, 1.54) is 22.2 Å². The molecule has 2 aromatic heterocycles. The molecule has 0 radical (unpaired) electrons. The average molecular weight is 348 g/mol. The zero-order valence-electron chi connectivity index (χ0n) is 12.3. The van der Waals surface area contributed by atoms with Crippen LogP contribution in [0.3, 0.4) is 0 Å². The van der Waals surface area contributed by atoms with E-state index in [9.17, 15) is 9.59 Å². The van der Waals surface area contributed by atoms with Gasteiger partial charge in [0.1, 0.15) is 11.4 Å². The van der Waals surface area contributed by atoms with Crippen molar-refractivity contribution >= 4 is 39.1 Å². The molecule has 3 aromatic rings. The Morgan fingerprint density at radius 3 is 3.04 bits per heavy atom. The number of nitrogens with one attached hydrogen (secondary N) is 1. The Morgan fingerprint density at radius 2 is 2.26 bits per heavy atom. The van der Waals surface area contributed by atoms with Crippen molar-refractivity contribution in [2.75, 3.05) is 0 Å². The molecule has 0 saturated heterocycles. The van der Waals surface area contributed by atoms with Crippen molar-refractivity contribution in [1.82, 2.24) is 14.9 Å². The average Bonchev–Trinajstić information content (AvgIpc) is 2.99. The summed E-state index contributed by atoms with van der Waals surface area (Å²) in [6, 6.07) is 8.83. The first-order chi connectivity index (χ1) is 11.0. The third kappa shape index (κ3) is 3.43. The Labute approximate surface area is 141 Å². The van der Waals surface area contributed by atoms with Crippen molar-refractivity contribution in [3.05, 3.63) is 63.0 Å². The number of carbonyl (C=O) groups is 1. The largest absolute Gasteiger partial charge is 0.348 e. The van der Waals surface area contributed by atoms with Crippen LogP contribution in [0, 0.1) is 0 Å². The number of thiophene rings is 1. The second-order valence-corrected chi connectivity index (χ2v) is 6.49. The zero-order valence-corrected chi connectivity index (χ0v) is 13.9. The fourth-order valence-corrected chi connectivity index (χ4v) is 3.23. The summed E-state index contributed by atoms with van der Waals surface area (Å²) in [7, 11) is 0. The molecule has 0 aliphatic rings. The number of fused-ring (bicyclic) bond motifs is 1. The molecule has 1 atom stereocenters. The van der Waals surface area contributed by atoms with E-state index in [0.29, 0.717) is 15.2 Å². The molecule has 7 heteroatoms. The lowest BCUT2D eigenvalue weighted by Gasteiger charge is -2.15. The highest BCUT2D eigenvalue weighted by molar-refractivity contribution is 7.16. The van der Waals surface area contributed by atoms with Gasteiger partial charge in [0, 0.05) is 5.02 Å². The predicted octanol–water partition coefficient (Wildman–Crippen LogP) is 2.99. The van der Waals surface area contributed by atoms with Crippen LogP contribution in [-0.4, -0.2) is 15.5 Å². The van der Waals surface area contributed by atoms with Crippen LogP contribution >= 0.6 is 22.9 Å². The number of hydrogen-bond acceptors (Lipinski definition) is 4. The molecule has 23 heavy (non-hydrogen) atoms. The molecule has 0 bridgehead atoms. The van der Waals surface area contributed by atoms with Gasteiger partial charge >= 0.3 is 0 Å². The van der Waals surface area contributed by atoms with Crippen LogP contribution in [0.1, 0.15) is 18.5 Å². The standard InChI is InChI=1S/C16H14ClN3O2S/c1-10(11-3-2-4-12(17)7-11)19-14(21)8-20-9-18-15-13(16(20)22)5-6-23-15/h2-7,9-10H,8H2,1H3,(H,19,21)/t10-/m1/s1. The van der Waals surface area contributed by atoms with Gasteiger partial charge in [0.2, 0.25) is 5.91 Å². The van der Waals surface area contributed by atoms with E-state index >= 15 is 0 Å². The topological polar surface area (TPSA) is 64.0 Å².